The van der Waals surface area contributed by atoms with Crippen LogP contribution < -0.4 is 10.1 Å². The van der Waals surface area contributed by atoms with E-state index in [9.17, 15) is 4.79 Å². The maximum absolute atomic E-state index is 12.4. The monoisotopic (exact) mass is 342 g/mol. The lowest BCUT2D eigenvalue weighted by molar-refractivity contribution is -0.136. The van der Waals surface area contributed by atoms with Gasteiger partial charge in [-0.05, 0) is 19.4 Å². The first-order valence-electron chi connectivity index (χ1n) is 8.34. The zero-order chi connectivity index (χ0) is 17.8. The van der Waals surface area contributed by atoms with Crippen LogP contribution in [0.1, 0.15) is 38.3 Å². The summed E-state index contributed by atoms with van der Waals surface area (Å²) < 4.78 is 12.6. The third kappa shape index (κ3) is 3.22. The molecule has 0 aliphatic carbocycles. The first-order chi connectivity index (χ1) is 12.2. The molecule has 3 rings (SSSR count). The molecule has 1 aromatic carbocycles. The van der Waals surface area contributed by atoms with Crippen molar-refractivity contribution in [2.24, 2.45) is 0 Å². The summed E-state index contributed by atoms with van der Waals surface area (Å²) in [5.74, 6) is 0.913. The highest BCUT2D eigenvalue weighted by Crippen LogP contribution is 2.39. The Kier molecular flexibility index (Phi) is 5.02. The largest absolute Gasteiger partial charge is 0.493 e. The molecular weight excluding hydrogens is 320 g/mol. The van der Waals surface area contributed by atoms with Crippen molar-refractivity contribution < 1.29 is 14.3 Å². The number of unbranched alkanes of at least 4 members (excludes halogenated alkanes) is 1. The summed E-state index contributed by atoms with van der Waals surface area (Å²) in [6.45, 7) is 4.57. The van der Waals surface area contributed by atoms with Crippen LogP contribution in [0, 0.1) is 0 Å². The van der Waals surface area contributed by atoms with E-state index in [0.29, 0.717) is 23.8 Å². The van der Waals surface area contributed by atoms with E-state index in [1.54, 1.807) is 4.68 Å². The van der Waals surface area contributed by atoms with Gasteiger partial charge in [0.05, 0.1) is 19.3 Å². The Balaban J connectivity index is 2.09. The first-order valence-corrected chi connectivity index (χ1v) is 8.34. The number of nitrogens with one attached hydrogen (secondary N) is 1. The number of carbonyl (C=O) groups excluding carboxylic acids is 1. The molecule has 25 heavy (non-hydrogen) atoms. The number of esters is 1. The van der Waals surface area contributed by atoms with Gasteiger partial charge in [-0.15, -0.1) is 0 Å². The number of para-hydroxylation sites is 1. The van der Waals surface area contributed by atoms with Gasteiger partial charge < -0.3 is 14.8 Å². The Morgan fingerprint density at radius 3 is 2.92 bits per heavy atom. The van der Waals surface area contributed by atoms with E-state index >= 15 is 0 Å². The van der Waals surface area contributed by atoms with E-state index in [2.05, 4.69) is 22.3 Å². The first kappa shape index (κ1) is 17.0. The van der Waals surface area contributed by atoms with Crippen LogP contribution >= 0.6 is 0 Å². The number of anilines is 1. The molecule has 1 atom stereocenters. The number of fused-ring (bicyclic) bond motifs is 1. The van der Waals surface area contributed by atoms with Gasteiger partial charge in [0.1, 0.15) is 18.1 Å². The predicted molar refractivity (Wildman–Crippen MR) is 93.3 cm³/mol. The fourth-order valence-corrected chi connectivity index (χ4v) is 2.92. The van der Waals surface area contributed by atoms with E-state index in [1.807, 2.05) is 31.2 Å². The molecule has 7 heteroatoms. The summed E-state index contributed by atoms with van der Waals surface area (Å²) in [5, 5.41) is 7.40. The lowest BCUT2D eigenvalue weighted by Crippen LogP contribution is -2.29. The normalized spacial score (nSPS) is 16.2. The number of aromatic nitrogens is 3. The fourth-order valence-electron chi connectivity index (χ4n) is 2.92. The lowest BCUT2D eigenvalue weighted by atomic mass is 9.95. The van der Waals surface area contributed by atoms with E-state index < -0.39 is 12.0 Å². The number of hydrogen-bond acceptors (Lipinski definition) is 6. The molecule has 2 aromatic rings. The summed E-state index contributed by atoms with van der Waals surface area (Å²) in [6.07, 6.45) is 3.48. The Hall–Kier alpha value is -2.83. The average Bonchev–Trinajstić information content (AvgIpc) is 3.08. The van der Waals surface area contributed by atoms with Crippen LogP contribution in [0.5, 0.6) is 5.75 Å². The topological polar surface area (TPSA) is 78.3 Å². The Bertz CT molecular complexity index is 797. The number of allylic oxidation sites excluding steroid dienone is 1. The van der Waals surface area contributed by atoms with Crippen LogP contribution in [-0.4, -0.2) is 34.5 Å². The summed E-state index contributed by atoms with van der Waals surface area (Å²) >= 11 is 0. The standard InChI is InChI=1S/C18H22N4O3/c1-4-5-10-25-14-9-7-6-8-13(14)16-15(17(23)24-3)12(2)21-18-19-11-20-22(16)18/h6-9,11,16H,4-5,10H2,1-3H3,(H,19,20,21). The number of carbonyl (C=O) groups is 1. The summed E-state index contributed by atoms with van der Waals surface area (Å²) in [5.41, 5.74) is 2.04. The third-order valence-electron chi connectivity index (χ3n) is 4.17. The maximum atomic E-state index is 12.4. The van der Waals surface area contributed by atoms with Crippen LogP contribution in [0.4, 0.5) is 5.95 Å². The predicted octanol–water partition coefficient (Wildman–Crippen LogP) is 2.92. The highest BCUT2D eigenvalue weighted by atomic mass is 16.5. The van der Waals surface area contributed by atoms with Gasteiger partial charge in [0.15, 0.2) is 0 Å². The number of methoxy groups -OCH3 is 1. The molecule has 1 aromatic heterocycles. The highest BCUT2D eigenvalue weighted by Gasteiger charge is 2.35. The van der Waals surface area contributed by atoms with E-state index in [0.717, 1.165) is 24.2 Å². The second kappa shape index (κ2) is 7.38. The minimum atomic E-state index is -0.455. The minimum Gasteiger partial charge on any atom is -0.493 e. The van der Waals surface area contributed by atoms with Crippen molar-refractivity contribution in [3.63, 3.8) is 0 Å². The van der Waals surface area contributed by atoms with Crippen LogP contribution in [-0.2, 0) is 9.53 Å². The summed E-state index contributed by atoms with van der Waals surface area (Å²) in [4.78, 5) is 16.7. The Morgan fingerprint density at radius 1 is 1.36 bits per heavy atom. The number of nitrogens with zero attached hydrogens (tertiary/aromatic N) is 3. The SMILES string of the molecule is CCCCOc1ccccc1C1C(C(=O)OC)=C(C)Nc2ncnn21. The van der Waals surface area contributed by atoms with Crippen LogP contribution in [0.25, 0.3) is 0 Å². The van der Waals surface area contributed by atoms with Crippen LogP contribution in [0.2, 0.25) is 0 Å². The van der Waals surface area contributed by atoms with Crippen molar-refractivity contribution in [3.8, 4) is 5.75 Å². The van der Waals surface area contributed by atoms with Crippen molar-refractivity contribution in [3.05, 3.63) is 47.4 Å². The maximum Gasteiger partial charge on any atom is 0.338 e. The van der Waals surface area contributed by atoms with Crippen molar-refractivity contribution in [1.29, 1.82) is 0 Å². The Labute approximate surface area is 146 Å². The molecule has 0 saturated heterocycles. The van der Waals surface area contributed by atoms with Gasteiger partial charge in [-0.25, -0.2) is 9.48 Å². The van der Waals surface area contributed by atoms with Gasteiger partial charge in [0.25, 0.3) is 0 Å². The van der Waals surface area contributed by atoms with Gasteiger partial charge in [0.2, 0.25) is 5.95 Å². The molecule has 1 unspecified atom stereocenters. The molecule has 1 N–H and O–H groups in total. The van der Waals surface area contributed by atoms with Gasteiger partial charge in [0, 0.05) is 11.3 Å². The van der Waals surface area contributed by atoms with Crippen LogP contribution in [0.15, 0.2) is 41.9 Å². The molecule has 132 valence electrons. The van der Waals surface area contributed by atoms with Crippen molar-refractivity contribution in [2.75, 3.05) is 19.0 Å². The molecule has 0 fully saturated rings. The van der Waals surface area contributed by atoms with Crippen LogP contribution in [0.3, 0.4) is 0 Å². The number of ether oxygens (including phenoxy) is 2. The molecule has 0 amide bonds. The molecule has 2 heterocycles. The smallest absolute Gasteiger partial charge is 0.338 e. The number of hydrogen-bond donors (Lipinski definition) is 1. The minimum absolute atomic E-state index is 0.403. The molecule has 0 saturated carbocycles. The fraction of sp³-hybridized carbons (Fsp3) is 0.389. The second-order valence-electron chi connectivity index (χ2n) is 5.83. The van der Waals surface area contributed by atoms with Crippen molar-refractivity contribution in [2.45, 2.75) is 32.7 Å². The molecule has 0 radical (unpaired) electrons. The molecule has 1 aliphatic rings. The molecule has 0 spiro atoms. The van der Waals surface area contributed by atoms with Gasteiger partial charge in [-0.3, -0.25) is 0 Å². The van der Waals surface area contributed by atoms with E-state index in [-0.39, 0.29) is 0 Å². The molecule has 1 aliphatic heterocycles. The van der Waals surface area contributed by atoms with Gasteiger partial charge >= 0.3 is 5.97 Å². The van der Waals surface area contributed by atoms with Gasteiger partial charge in [-0.1, -0.05) is 31.5 Å². The lowest BCUT2D eigenvalue weighted by Gasteiger charge is -2.29. The van der Waals surface area contributed by atoms with Crippen molar-refractivity contribution in [1.82, 2.24) is 14.8 Å². The van der Waals surface area contributed by atoms with E-state index in [1.165, 1.54) is 13.4 Å². The third-order valence-corrected chi connectivity index (χ3v) is 4.17. The highest BCUT2D eigenvalue weighted by molar-refractivity contribution is 5.92. The average molecular weight is 342 g/mol. The quantitative estimate of drug-likeness (QED) is 0.642. The molecule has 0 bridgehead atoms. The van der Waals surface area contributed by atoms with Gasteiger partial charge in [-0.2, -0.15) is 10.1 Å². The number of benzene rings is 1. The van der Waals surface area contributed by atoms with Crippen molar-refractivity contribution >= 4 is 11.9 Å². The molecular formula is C18H22N4O3. The number of rotatable bonds is 6. The zero-order valence-electron chi connectivity index (χ0n) is 14.7. The summed E-state index contributed by atoms with van der Waals surface area (Å²) in [6, 6.07) is 7.24. The summed E-state index contributed by atoms with van der Waals surface area (Å²) in [7, 11) is 1.38. The second-order valence-corrected chi connectivity index (χ2v) is 5.83. The Morgan fingerprint density at radius 2 is 2.16 bits per heavy atom. The van der Waals surface area contributed by atoms with E-state index in [4.69, 9.17) is 9.47 Å². The zero-order valence-corrected chi connectivity index (χ0v) is 14.7. The molecule has 7 nitrogen and oxygen atoms in total.